The van der Waals surface area contributed by atoms with Crippen LogP contribution in [-0.4, -0.2) is 11.4 Å². The lowest BCUT2D eigenvalue weighted by molar-refractivity contribution is 0.245. The van der Waals surface area contributed by atoms with Gasteiger partial charge in [-0.05, 0) is 36.1 Å². The Hall–Kier alpha value is -1.12. The molecule has 0 atom stereocenters. The first-order valence-electron chi connectivity index (χ1n) is 6.76. The normalized spacial score (nSPS) is 15.3. The Balaban J connectivity index is 1.75. The molecule has 1 heterocycles. The maximum absolute atomic E-state index is 3.68. The third kappa shape index (κ3) is 2.90. The molecule has 0 aliphatic carbocycles. The summed E-state index contributed by atoms with van der Waals surface area (Å²) < 4.78 is 1.25. The molecular formula is C17H18BrN. The highest BCUT2D eigenvalue weighted by Crippen LogP contribution is 2.27. The molecule has 19 heavy (non-hydrogen) atoms. The number of hydrogen-bond donors (Lipinski definition) is 0. The van der Waals surface area contributed by atoms with Crippen molar-refractivity contribution in [1.82, 2.24) is 4.90 Å². The van der Waals surface area contributed by atoms with E-state index in [1.165, 1.54) is 26.7 Å². The van der Waals surface area contributed by atoms with Crippen molar-refractivity contribution in [2.75, 3.05) is 6.54 Å². The van der Waals surface area contributed by atoms with Crippen LogP contribution < -0.4 is 0 Å². The second-order valence-corrected chi connectivity index (χ2v) is 6.18. The van der Waals surface area contributed by atoms with Crippen LogP contribution >= 0.6 is 15.9 Å². The summed E-state index contributed by atoms with van der Waals surface area (Å²) in [6, 6.07) is 15.4. The predicted octanol–water partition coefficient (Wildman–Crippen LogP) is 4.32. The van der Waals surface area contributed by atoms with Gasteiger partial charge in [0, 0.05) is 24.1 Å². The van der Waals surface area contributed by atoms with E-state index in [9.17, 15) is 0 Å². The van der Waals surface area contributed by atoms with Crippen LogP contribution in [0.5, 0.6) is 0 Å². The van der Waals surface area contributed by atoms with E-state index in [4.69, 9.17) is 0 Å². The van der Waals surface area contributed by atoms with Crippen molar-refractivity contribution in [2.24, 2.45) is 0 Å². The standard InChI is InChI=1S/C17H18BrN/c1-13-5-7-14(8-6-13)11-19-10-9-15-3-2-4-17(18)16(15)12-19/h2-8H,9-12H2,1H3. The van der Waals surface area contributed by atoms with Crippen LogP contribution in [-0.2, 0) is 19.5 Å². The molecule has 0 N–H and O–H groups in total. The number of rotatable bonds is 2. The lowest BCUT2D eigenvalue weighted by Gasteiger charge is -2.29. The Morgan fingerprint density at radius 3 is 2.68 bits per heavy atom. The Labute approximate surface area is 123 Å². The van der Waals surface area contributed by atoms with Crippen LogP contribution in [0.1, 0.15) is 22.3 Å². The van der Waals surface area contributed by atoms with Gasteiger partial charge in [0.2, 0.25) is 0 Å². The van der Waals surface area contributed by atoms with Crippen molar-refractivity contribution in [2.45, 2.75) is 26.4 Å². The van der Waals surface area contributed by atoms with Gasteiger partial charge in [0.25, 0.3) is 0 Å². The van der Waals surface area contributed by atoms with Crippen molar-refractivity contribution in [3.05, 3.63) is 69.2 Å². The predicted molar refractivity (Wildman–Crippen MR) is 83.1 cm³/mol. The smallest absolute Gasteiger partial charge is 0.0251 e. The maximum Gasteiger partial charge on any atom is 0.0251 e. The Morgan fingerprint density at radius 1 is 1.11 bits per heavy atom. The second-order valence-electron chi connectivity index (χ2n) is 5.32. The van der Waals surface area contributed by atoms with Gasteiger partial charge in [0.05, 0.1) is 0 Å². The lowest BCUT2D eigenvalue weighted by Crippen LogP contribution is -2.30. The van der Waals surface area contributed by atoms with Crippen molar-refractivity contribution in [3.8, 4) is 0 Å². The molecule has 0 saturated carbocycles. The zero-order chi connectivity index (χ0) is 13.2. The van der Waals surface area contributed by atoms with E-state index in [0.717, 1.165) is 26.1 Å². The summed E-state index contributed by atoms with van der Waals surface area (Å²) in [7, 11) is 0. The lowest BCUT2D eigenvalue weighted by atomic mass is 9.99. The number of halogens is 1. The van der Waals surface area contributed by atoms with Gasteiger partial charge in [0.15, 0.2) is 0 Å². The van der Waals surface area contributed by atoms with E-state index in [-0.39, 0.29) is 0 Å². The molecule has 0 amide bonds. The largest absolute Gasteiger partial charge is 0.294 e. The Bertz CT molecular complexity index is 574. The first-order valence-corrected chi connectivity index (χ1v) is 7.56. The summed E-state index contributed by atoms with van der Waals surface area (Å²) in [5.41, 5.74) is 5.69. The van der Waals surface area contributed by atoms with Crippen molar-refractivity contribution >= 4 is 15.9 Å². The fourth-order valence-electron chi connectivity index (χ4n) is 2.68. The molecule has 0 radical (unpaired) electrons. The summed E-state index contributed by atoms with van der Waals surface area (Å²) in [6.07, 6.45) is 1.15. The van der Waals surface area contributed by atoms with E-state index in [0.29, 0.717) is 0 Å². The van der Waals surface area contributed by atoms with E-state index >= 15 is 0 Å². The molecule has 1 aliphatic heterocycles. The summed E-state index contributed by atoms with van der Waals surface area (Å²) in [4.78, 5) is 2.53. The molecule has 2 aromatic rings. The molecule has 0 saturated heterocycles. The fourth-order valence-corrected chi connectivity index (χ4v) is 3.22. The Morgan fingerprint density at radius 2 is 1.89 bits per heavy atom. The van der Waals surface area contributed by atoms with Gasteiger partial charge in [-0.1, -0.05) is 57.9 Å². The molecule has 0 bridgehead atoms. The number of nitrogens with zero attached hydrogens (tertiary/aromatic N) is 1. The third-order valence-electron chi connectivity index (χ3n) is 3.82. The molecule has 2 aromatic carbocycles. The average Bonchev–Trinajstić information content (AvgIpc) is 2.42. The van der Waals surface area contributed by atoms with Crippen LogP contribution in [0.4, 0.5) is 0 Å². The van der Waals surface area contributed by atoms with Gasteiger partial charge in [-0.15, -0.1) is 0 Å². The second kappa shape index (κ2) is 5.48. The minimum atomic E-state index is 1.04. The van der Waals surface area contributed by atoms with E-state index in [2.05, 4.69) is 70.2 Å². The molecule has 1 aliphatic rings. The number of aryl methyl sites for hydroxylation is 1. The highest BCUT2D eigenvalue weighted by atomic mass is 79.9. The molecule has 0 fully saturated rings. The minimum absolute atomic E-state index is 1.04. The first kappa shape index (κ1) is 12.9. The first-order chi connectivity index (χ1) is 9.22. The minimum Gasteiger partial charge on any atom is -0.294 e. The van der Waals surface area contributed by atoms with Crippen molar-refractivity contribution in [3.63, 3.8) is 0 Å². The van der Waals surface area contributed by atoms with Gasteiger partial charge in [-0.2, -0.15) is 0 Å². The monoisotopic (exact) mass is 315 g/mol. The summed E-state index contributed by atoms with van der Waals surface area (Å²) >= 11 is 3.68. The van der Waals surface area contributed by atoms with Crippen LogP contribution in [0, 0.1) is 6.92 Å². The SMILES string of the molecule is Cc1ccc(CN2CCc3cccc(Br)c3C2)cc1. The molecular weight excluding hydrogens is 298 g/mol. The molecule has 2 heteroatoms. The molecule has 0 spiro atoms. The molecule has 3 rings (SSSR count). The maximum atomic E-state index is 3.68. The number of benzene rings is 2. The van der Waals surface area contributed by atoms with Crippen LogP contribution in [0.25, 0.3) is 0 Å². The third-order valence-corrected chi connectivity index (χ3v) is 4.56. The summed E-state index contributed by atoms with van der Waals surface area (Å²) in [6.45, 7) is 5.38. The summed E-state index contributed by atoms with van der Waals surface area (Å²) in [5, 5.41) is 0. The van der Waals surface area contributed by atoms with Gasteiger partial charge in [0.1, 0.15) is 0 Å². The van der Waals surface area contributed by atoms with Gasteiger partial charge < -0.3 is 0 Å². The van der Waals surface area contributed by atoms with Crippen LogP contribution in [0.3, 0.4) is 0 Å². The van der Waals surface area contributed by atoms with Crippen molar-refractivity contribution < 1.29 is 0 Å². The average molecular weight is 316 g/mol. The Kier molecular flexibility index (Phi) is 3.72. The zero-order valence-electron chi connectivity index (χ0n) is 11.2. The van der Waals surface area contributed by atoms with Crippen molar-refractivity contribution in [1.29, 1.82) is 0 Å². The van der Waals surface area contributed by atoms with Crippen LogP contribution in [0.2, 0.25) is 0 Å². The molecule has 0 unspecified atom stereocenters. The quantitative estimate of drug-likeness (QED) is 0.798. The number of fused-ring (bicyclic) bond motifs is 1. The highest BCUT2D eigenvalue weighted by molar-refractivity contribution is 9.10. The zero-order valence-corrected chi connectivity index (χ0v) is 12.8. The molecule has 1 nitrogen and oxygen atoms in total. The van der Waals surface area contributed by atoms with Gasteiger partial charge in [-0.25, -0.2) is 0 Å². The van der Waals surface area contributed by atoms with Crippen LogP contribution in [0.15, 0.2) is 46.9 Å². The topological polar surface area (TPSA) is 3.24 Å². The molecule has 98 valence electrons. The highest BCUT2D eigenvalue weighted by Gasteiger charge is 2.17. The van der Waals surface area contributed by atoms with E-state index < -0.39 is 0 Å². The van der Waals surface area contributed by atoms with E-state index in [1.54, 1.807) is 0 Å². The van der Waals surface area contributed by atoms with Gasteiger partial charge in [-0.3, -0.25) is 4.90 Å². The van der Waals surface area contributed by atoms with Gasteiger partial charge >= 0.3 is 0 Å². The molecule has 0 aromatic heterocycles. The van der Waals surface area contributed by atoms with E-state index in [1.807, 2.05) is 0 Å². The summed E-state index contributed by atoms with van der Waals surface area (Å²) in [5.74, 6) is 0. The fraction of sp³-hybridized carbons (Fsp3) is 0.294. The number of hydrogen-bond acceptors (Lipinski definition) is 1.